The molecule has 0 unspecified atom stereocenters. The van der Waals surface area contributed by atoms with Crippen LogP contribution in [0.15, 0.2) is 6.07 Å². The van der Waals surface area contributed by atoms with Gasteiger partial charge in [-0.05, 0) is 20.3 Å². The van der Waals surface area contributed by atoms with Crippen LogP contribution in [-0.2, 0) is 4.79 Å². The molecule has 0 aromatic carbocycles. The molecule has 21 heavy (non-hydrogen) atoms. The van der Waals surface area contributed by atoms with Crippen molar-refractivity contribution in [2.75, 3.05) is 42.9 Å². The average molecular weight is 291 g/mol. The van der Waals surface area contributed by atoms with Gasteiger partial charge in [-0.15, -0.1) is 0 Å². The Hall–Kier alpha value is -1.85. The van der Waals surface area contributed by atoms with Crippen LogP contribution >= 0.6 is 0 Å². The number of carbonyl (C=O) groups is 1. The summed E-state index contributed by atoms with van der Waals surface area (Å²) in [7, 11) is 0. The van der Waals surface area contributed by atoms with Crippen LogP contribution in [0.3, 0.4) is 0 Å². The number of piperazine rings is 1. The number of nitrogens with zero attached hydrogens (tertiary/aromatic N) is 4. The van der Waals surface area contributed by atoms with Gasteiger partial charge in [0.1, 0.15) is 5.82 Å². The van der Waals surface area contributed by atoms with Crippen LogP contribution < -0.4 is 10.2 Å². The van der Waals surface area contributed by atoms with Crippen LogP contribution in [0.25, 0.3) is 0 Å². The third-order valence-corrected chi connectivity index (χ3v) is 3.60. The van der Waals surface area contributed by atoms with E-state index in [1.54, 1.807) is 0 Å². The standard InChI is InChI=1S/C15H25N5O/c1-4-6-14(21)20-9-7-19(8-10-20)13-11-12(3)17-15(18-13)16-5-2/h11H,4-10H2,1-3H3,(H,16,17,18). The third-order valence-electron chi connectivity index (χ3n) is 3.60. The molecule has 0 saturated carbocycles. The lowest BCUT2D eigenvalue weighted by Gasteiger charge is -2.35. The first kappa shape index (κ1) is 15.5. The molecule has 1 amide bonds. The highest BCUT2D eigenvalue weighted by Crippen LogP contribution is 2.17. The summed E-state index contributed by atoms with van der Waals surface area (Å²) in [5.74, 6) is 1.89. The number of aromatic nitrogens is 2. The lowest BCUT2D eigenvalue weighted by Crippen LogP contribution is -2.49. The largest absolute Gasteiger partial charge is 0.354 e. The predicted molar refractivity (Wildman–Crippen MR) is 84.6 cm³/mol. The van der Waals surface area contributed by atoms with E-state index < -0.39 is 0 Å². The zero-order valence-corrected chi connectivity index (χ0v) is 13.2. The quantitative estimate of drug-likeness (QED) is 0.894. The van der Waals surface area contributed by atoms with Crippen molar-refractivity contribution in [3.05, 3.63) is 11.8 Å². The summed E-state index contributed by atoms with van der Waals surface area (Å²) < 4.78 is 0. The van der Waals surface area contributed by atoms with Gasteiger partial charge in [-0.2, -0.15) is 4.98 Å². The fourth-order valence-corrected chi connectivity index (χ4v) is 2.51. The number of hydrogen-bond donors (Lipinski definition) is 1. The molecule has 0 radical (unpaired) electrons. The monoisotopic (exact) mass is 291 g/mol. The Morgan fingerprint density at radius 1 is 1.24 bits per heavy atom. The molecular formula is C15H25N5O. The van der Waals surface area contributed by atoms with Crippen LogP contribution in [0, 0.1) is 6.92 Å². The Balaban J connectivity index is 2.00. The Labute approximate surface area is 126 Å². The molecular weight excluding hydrogens is 266 g/mol. The minimum Gasteiger partial charge on any atom is -0.354 e. The molecule has 0 spiro atoms. The SMILES string of the molecule is CCCC(=O)N1CCN(c2cc(C)nc(NCC)n2)CC1. The topological polar surface area (TPSA) is 61.4 Å². The van der Waals surface area contributed by atoms with Gasteiger partial charge >= 0.3 is 0 Å². The predicted octanol–water partition coefficient (Wildman–Crippen LogP) is 1.67. The summed E-state index contributed by atoms with van der Waals surface area (Å²) in [6.45, 7) is 10.1. The van der Waals surface area contributed by atoms with Crippen LogP contribution in [0.1, 0.15) is 32.4 Å². The molecule has 1 aromatic rings. The smallest absolute Gasteiger partial charge is 0.224 e. The van der Waals surface area contributed by atoms with Crippen molar-refractivity contribution in [3.8, 4) is 0 Å². The minimum absolute atomic E-state index is 0.268. The zero-order chi connectivity index (χ0) is 15.2. The van der Waals surface area contributed by atoms with Gasteiger partial charge in [0.2, 0.25) is 11.9 Å². The van der Waals surface area contributed by atoms with Gasteiger partial charge in [-0.25, -0.2) is 4.98 Å². The van der Waals surface area contributed by atoms with Crippen molar-refractivity contribution < 1.29 is 4.79 Å². The van der Waals surface area contributed by atoms with Crippen molar-refractivity contribution >= 4 is 17.7 Å². The number of aryl methyl sites for hydroxylation is 1. The van der Waals surface area contributed by atoms with E-state index in [0.29, 0.717) is 12.4 Å². The molecule has 1 saturated heterocycles. The van der Waals surface area contributed by atoms with Crippen LogP contribution in [-0.4, -0.2) is 53.5 Å². The molecule has 0 atom stereocenters. The van der Waals surface area contributed by atoms with Crippen molar-refractivity contribution in [1.29, 1.82) is 0 Å². The van der Waals surface area contributed by atoms with Gasteiger partial charge in [0.25, 0.3) is 0 Å². The maximum Gasteiger partial charge on any atom is 0.224 e. The fraction of sp³-hybridized carbons (Fsp3) is 0.667. The summed E-state index contributed by atoms with van der Waals surface area (Å²) in [6.07, 6.45) is 1.56. The Kier molecular flexibility index (Phi) is 5.36. The summed E-state index contributed by atoms with van der Waals surface area (Å²) in [4.78, 5) is 25.0. The molecule has 2 rings (SSSR count). The summed E-state index contributed by atoms with van der Waals surface area (Å²) in [5.41, 5.74) is 0.959. The normalized spacial score (nSPS) is 15.2. The molecule has 1 N–H and O–H groups in total. The zero-order valence-electron chi connectivity index (χ0n) is 13.2. The average Bonchev–Trinajstić information content (AvgIpc) is 2.47. The van der Waals surface area contributed by atoms with Crippen LogP contribution in [0.5, 0.6) is 0 Å². The van der Waals surface area contributed by atoms with Crippen molar-refractivity contribution in [1.82, 2.24) is 14.9 Å². The number of nitrogens with one attached hydrogen (secondary N) is 1. The van der Waals surface area contributed by atoms with E-state index in [0.717, 1.165) is 50.7 Å². The van der Waals surface area contributed by atoms with E-state index in [1.165, 1.54) is 0 Å². The molecule has 6 nitrogen and oxygen atoms in total. The van der Waals surface area contributed by atoms with E-state index in [9.17, 15) is 4.79 Å². The van der Waals surface area contributed by atoms with Gasteiger partial charge in [0, 0.05) is 50.9 Å². The summed E-state index contributed by atoms with van der Waals surface area (Å²) >= 11 is 0. The highest BCUT2D eigenvalue weighted by atomic mass is 16.2. The number of hydrogen-bond acceptors (Lipinski definition) is 5. The molecule has 1 aliphatic heterocycles. The third kappa shape index (κ3) is 4.06. The van der Waals surface area contributed by atoms with Gasteiger partial charge in [0.05, 0.1) is 0 Å². The van der Waals surface area contributed by atoms with Gasteiger partial charge in [-0.1, -0.05) is 6.92 Å². The number of amides is 1. The van der Waals surface area contributed by atoms with E-state index in [1.807, 2.05) is 31.7 Å². The highest BCUT2D eigenvalue weighted by Gasteiger charge is 2.21. The van der Waals surface area contributed by atoms with E-state index in [2.05, 4.69) is 20.2 Å². The minimum atomic E-state index is 0.268. The second-order valence-corrected chi connectivity index (χ2v) is 5.34. The molecule has 6 heteroatoms. The van der Waals surface area contributed by atoms with Gasteiger partial charge < -0.3 is 15.1 Å². The first-order chi connectivity index (χ1) is 10.1. The lowest BCUT2D eigenvalue weighted by molar-refractivity contribution is -0.131. The first-order valence-electron chi connectivity index (χ1n) is 7.76. The van der Waals surface area contributed by atoms with Gasteiger partial charge in [0.15, 0.2) is 0 Å². The Morgan fingerprint density at radius 3 is 2.57 bits per heavy atom. The molecule has 1 fully saturated rings. The maximum atomic E-state index is 11.9. The van der Waals surface area contributed by atoms with Crippen LogP contribution in [0.2, 0.25) is 0 Å². The Bertz CT molecular complexity index is 483. The van der Waals surface area contributed by atoms with Crippen molar-refractivity contribution in [3.63, 3.8) is 0 Å². The Morgan fingerprint density at radius 2 is 1.95 bits per heavy atom. The van der Waals surface area contributed by atoms with Gasteiger partial charge in [-0.3, -0.25) is 4.79 Å². The molecule has 0 aliphatic carbocycles. The first-order valence-corrected chi connectivity index (χ1v) is 7.76. The van der Waals surface area contributed by atoms with E-state index in [4.69, 9.17) is 0 Å². The summed E-state index contributed by atoms with van der Waals surface area (Å²) in [6, 6.07) is 2.00. The number of carbonyl (C=O) groups excluding carboxylic acids is 1. The number of anilines is 2. The second kappa shape index (κ2) is 7.24. The second-order valence-electron chi connectivity index (χ2n) is 5.34. The maximum absolute atomic E-state index is 11.9. The van der Waals surface area contributed by atoms with Crippen molar-refractivity contribution in [2.45, 2.75) is 33.6 Å². The lowest BCUT2D eigenvalue weighted by atomic mass is 10.2. The highest BCUT2D eigenvalue weighted by molar-refractivity contribution is 5.76. The van der Waals surface area contributed by atoms with E-state index in [-0.39, 0.29) is 5.91 Å². The number of rotatable bonds is 5. The summed E-state index contributed by atoms with van der Waals surface area (Å²) in [5, 5.41) is 3.16. The molecule has 1 aromatic heterocycles. The van der Waals surface area contributed by atoms with E-state index >= 15 is 0 Å². The van der Waals surface area contributed by atoms with Crippen LogP contribution in [0.4, 0.5) is 11.8 Å². The van der Waals surface area contributed by atoms with Crippen molar-refractivity contribution in [2.24, 2.45) is 0 Å². The molecule has 116 valence electrons. The molecule has 2 heterocycles. The molecule has 1 aliphatic rings. The fourth-order valence-electron chi connectivity index (χ4n) is 2.51. The molecule has 0 bridgehead atoms.